The average Bonchev–Trinajstić information content (AvgIpc) is 2.71. The number of aliphatic hydroxyl groups is 1. The SMILES string of the molecule is CCCCc1nc(CN(C)CCC(C)O)no1. The molecule has 1 unspecified atom stereocenters. The van der Waals surface area contributed by atoms with Gasteiger partial charge in [-0.05, 0) is 26.8 Å². The Kier molecular flexibility index (Phi) is 6.15. The second kappa shape index (κ2) is 7.40. The van der Waals surface area contributed by atoms with Crippen LogP contribution in [0.4, 0.5) is 0 Å². The van der Waals surface area contributed by atoms with E-state index in [0.29, 0.717) is 6.54 Å². The second-order valence-electron chi connectivity index (χ2n) is 4.58. The Labute approximate surface area is 103 Å². The first-order valence-electron chi connectivity index (χ1n) is 6.30. The van der Waals surface area contributed by atoms with Gasteiger partial charge in [0.25, 0.3) is 0 Å². The molecular formula is C12H23N3O2. The van der Waals surface area contributed by atoms with Crippen LogP contribution >= 0.6 is 0 Å². The maximum absolute atomic E-state index is 9.19. The number of rotatable bonds is 8. The van der Waals surface area contributed by atoms with Crippen LogP contribution in [0.25, 0.3) is 0 Å². The fourth-order valence-corrected chi connectivity index (χ4v) is 1.51. The van der Waals surface area contributed by atoms with Crippen molar-refractivity contribution in [2.24, 2.45) is 0 Å². The first-order valence-corrected chi connectivity index (χ1v) is 6.30. The van der Waals surface area contributed by atoms with Crippen molar-refractivity contribution in [2.75, 3.05) is 13.6 Å². The highest BCUT2D eigenvalue weighted by Crippen LogP contribution is 2.05. The Morgan fingerprint density at radius 3 is 2.88 bits per heavy atom. The van der Waals surface area contributed by atoms with Crippen LogP contribution in [0, 0.1) is 0 Å². The second-order valence-corrected chi connectivity index (χ2v) is 4.58. The zero-order valence-electron chi connectivity index (χ0n) is 11.0. The molecule has 1 atom stereocenters. The first-order chi connectivity index (χ1) is 8.11. The van der Waals surface area contributed by atoms with Crippen LogP contribution < -0.4 is 0 Å². The monoisotopic (exact) mass is 241 g/mol. The van der Waals surface area contributed by atoms with Crippen molar-refractivity contribution in [3.63, 3.8) is 0 Å². The topological polar surface area (TPSA) is 62.4 Å². The molecule has 0 fully saturated rings. The standard InChI is InChI=1S/C12H23N3O2/c1-4-5-6-12-13-11(14-17-12)9-15(3)8-7-10(2)16/h10,16H,4-9H2,1-3H3. The summed E-state index contributed by atoms with van der Waals surface area (Å²) in [6.45, 7) is 5.44. The maximum Gasteiger partial charge on any atom is 0.226 e. The van der Waals surface area contributed by atoms with E-state index in [1.165, 1.54) is 0 Å². The minimum absolute atomic E-state index is 0.261. The molecule has 1 aromatic rings. The predicted octanol–water partition coefficient (Wildman–Crippen LogP) is 1.61. The minimum Gasteiger partial charge on any atom is -0.393 e. The predicted molar refractivity (Wildman–Crippen MR) is 65.5 cm³/mol. The molecule has 0 aliphatic rings. The molecule has 1 heterocycles. The zero-order chi connectivity index (χ0) is 12.7. The molecule has 5 nitrogen and oxygen atoms in total. The van der Waals surface area contributed by atoms with Gasteiger partial charge in [0.15, 0.2) is 5.82 Å². The largest absolute Gasteiger partial charge is 0.393 e. The third-order valence-corrected chi connectivity index (χ3v) is 2.59. The van der Waals surface area contributed by atoms with Crippen molar-refractivity contribution in [3.05, 3.63) is 11.7 Å². The molecule has 5 heteroatoms. The lowest BCUT2D eigenvalue weighted by Gasteiger charge is -2.14. The van der Waals surface area contributed by atoms with Crippen LogP contribution in [0.15, 0.2) is 4.52 Å². The van der Waals surface area contributed by atoms with Crippen LogP contribution in [-0.2, 0) is 13.0 Å². The lowest BCUT2D eigenvalue weighted by atomic mass is 10.2. The fourth-order valence-electron chi connectivity index (χ4n) is 1.51. The molecule has 1 N–H and O–H groups in total. The van der Waals surface area contributed by atoms with Gasteiger partial charge in [-0.3, -0.25) is 4.90 Å². The minimum atomic E-state index is -0.261. The van der Waals surface area contributed by atoms with Crippen LogP contribution in [-0.4, -0.2) is 39.8 Å². The quantitative estimate of drug-likeness (QED) is 0.749. The van der Waals surface area contributed by atoms with Gasteiger partial charge < -0.3 is 9.63 Å². The number of nitrogens with zero attached hydrogens (tertiary/aromatic N) is 3. The maximum atomic E-state index is 9.19. The van der Waals surface area contributed by atoms with Gasteiger partial charge in [0.2, 0.25) is 5.89 Å². The molecular weight excluding hydrogens is 218 g/mol. The van der Waals surface area contributed by atoms with Gasteiger partial charge in [0.1, 0.15) is 0 Å². The zero-order valence-corrected chi connectivity index (χ0v) is 11.0. The Hall–Kier alpha value is -0.940. The number of aromatic nitrogens is 2. The molecule has 1 aromatic heterocycles. The molecule has 0 bridgehead atoms. The van der Waals surface area contributed by atoms with Crippen molar-refractivity contribution in [2.45, 2.75) is 52.2 Å². The summed E-state index contributed by atoms with van der Waals surface area (Å²) < 4.78 is 5.16. The van der Waals surface area contributed by atoms with Gasteiger partial charge >= 0.3 is 0 Å². The Bertz CT molecular complexity index is 312. The van der Waals surface area contributed by atoms with Crippen molar-refractivity contribution < 1.29 is 9.63 Å². The third-order valence-electron chi connectivity index (χ3n) is 2.59. The number of hydrogen-bond donors (Lipinski definition) is 1. The summed E-state index contributed by atoms with van der Waals surface area (Å²) in [5, 5.41) is 13.1. The highest BCUT2D eigenvalue weighted by molar-refractivity contribution is 4.86. The highest BCUT2D eigenvalue weighted by Gasteiger charge is 2.09. The van der Waals surface area contributed by atoms with E-state index in [4.69, 9.17) is 4.52 Å². The molecule has 0 aromatic carbocycles. The third kappa shape index (κ3) is 5.79. The van der Waals surface area contributed by atoms with Crippen LogP contribution in [0.1, 0.15) is 44.8 Å². The molecule has 0 saturated carbocycles. The number of aliphatic hydroxyl groups excluding tert-OH is 1. The summed E-state index contributed by atoms with van der Waals surface area (Å²) in [4.78, 5) is 6.42. The molecule has 0 spiro atoms. The summed E-state index contributed by atoms with van der Waals surface area (Å²) in [7, 11) is 1.99. The van der Waals surface area contributed by atoms with Crippen molar-refractivity contribution in [1.29, 1.82) is 0 Å². The van der Waals surface area contributed by atoms with Gasteiger partial charge in [0, 0.05) is 13.0 Å². The van der Waals surface area contributed by atoms with E-state index in [1.807, 2.05) is 7.05 Å². The number of aryl methyl sites for hydroxylation is 1. The summed E-state index contributed by atoms with van der Waals surface area (Å²) in [5.74, 6) is 1.45. The molecule has 0 aliphatic heterocycles. The average molecular weight is 241 g/mol. The lowest BCUT2D eigenvalue weighted by Crippen LogP contribution is -2.22. The van der Waals surface area contributed by atoms with Crippen molar-refractivity contribution in [1.82, 2.24) is 15.0 Å². The Balaban J connectivity index is 2.32. The van der Waals surface area contributed by atoms with E-state index >= 15 is 0 Å². The van der Waals surface area contributed by atoms with Crippen LogP contribution in [0.2, 0.25) is 0 Å². The smallest absolute Gasteiger partial charge is 0.226 e. The summed E-state index contributed by atoms with van der Waals surface area (Å²) in [6.07, 6.45) is 3.58. The normalized spacial score (nSPS) is 13.2. The van der Waals surface area contributed by atoms with E-state index in [2.05, 4.69) is 22.0 Å². The van der Waals surface area contributed by atoms with Crippen molar-refractivity contribution in [3.8, 4) is 0 Å². The van der Waals surface area contributed by atoms with Gasteiger partial charge in [0.05, 0.1) is 12.6 Å². The molecule has 1 rings (SSSR count). The molecule has 0 radical (unpaired) electrons. The van der Waals surface area contributed by atoms with Crippen LogP contribution in [0.5, 0.6) is 0 Å². The highest BCUT2D eigenvalue weighted by atomic mass is 16.5. The van der Waals surface area contributed by atoms with Gasteiger partial charge in [-0.2, -0.15) is 4.98 Å². The van der Waals surface area contributed by atoms with Gasteiger partial charge in [-0.15, -0.1) is 0 Å². The summed E-state index contributed by atoms with van der Waals surface area (Å²) in [5.41, 5.74) is 0. The summed E-state index contributed by atoms with van der Waals surface area (Å²) in [6, 6.07) is 0. The van der Waals surface area contributed by atoms with Crippen LogP contribution in [0.3, 0.4) is 0 Å². The van der Waals surface area contributed by atoms with Gasteiger partial charge in [-0.1, -0.05) is 18.5 Å². The fraction of sp³-hybridized carbons (Fsp3) is 0.833. The molecule has 0 saturated heterocycles. The Morgan fingerprint density at radius 1 is 1.47 bits per heavy atom. The first kappa shape index (κ1) is 14.1. The Morgan fingerprint density at radius 2 is 2.24 bits per heavy atom. The number of hydrogen-bond acceptors (Lipinski definition) is 5. The van der Waals surface area contributed by atoms with E-state index < -0.39 is 0 Å². The van der Waals surface area contributed by atoms with E-state index in [0.717, 1.165) is 43.9 Å². The lowest BCUT2D eigenvalue weighted by molar-refractivity contribution is 0.161. The van der Waals surface area contributed by atoms with Gasteiger partial charge in [-0.25, -0.2) is 0 Å². The van der Waals surface area contributed by atoms with E-state index in [-0.39, 0.29) is 6.10 Å². The summed E-state index contributed by atoms with van der Waals surface area (Å²) >= 11 is 0. The van der Waals surface area contributed by atoms with E-state index in [9.17, 15) is 5.11 Å². The number of unbranched alkanes of at least 4 members (excludes halogenated alkanes) is 1. The van der Waals surface area contributed by atoms with Crippen molar-refractivity contribution >= 4 is 0 Å². The molecule has 17 heavy (non-hydrogen) atoms. The van der Waals surface area contributed by atoms with E-state index in [1.54, 1.807) is 6.92 Å². The molecule has 98 valence electrons. The molecule has 0 amide bonds. The molecule has 0 aliphatic carbocycles.